The number of benzene rings is 2. The third-order valence-electron chi connectivity index (χ3n) is 2.70. The van der Waals surface area contributed by atoms with E-state index in [1.54, 1.807) is 24.3 Å². The predicted molar refractivity (Wildman–Crippen MR) is 72.1 cm³/mol. The third-order valence-corrected chi connectivity index (χ3v) is 2.70. The van der Waals surface area contributed by atoms with Crippen molar-refractivity contribution in [3.8, 4) is 0 Å². The Hall–Kier alpha value is -2.76. The third kappa shape index (κ3) is 4.10. The summed E-state index contributed by atoms with van der Waals surface area (Å²) < 4.78 is 26.1. The van der Waals surface area contributed by atoms with E-state index in [-0.39, 0.29) is 12.0 Å². The highest BCUT2D eigenvalue weighted by Crippen LogP contribution is 2.08. The Morgan fingerprint density at radius 3 is 2.33 bits per heavy atom. The molecule has 2 rings (SSSR count). The second-order valence-corrected chi connectivity index (χ2v) is 4.29. The van der Waals surface area contributed by atoms with Crippen LogP contribution in [-0.2, 0) is 11.2 Å². The smallest absolute Gasteiger partial charge is 0.272 e. The monoisotopic (exact) mass is 290 g/mol. The zero-order valence-electron chi connectivity index (χ0n) is 10.9. The normalized spacial score (nSPS) is 10.0. The number of carbonyl (C=O) groups is 2. The average molecular weight is 290 g/mol. The van der Waals surface area contributed by atoms with Crippen molar-refractivity contribution in [2.75, 3.05) is 0 Å². The quantitative estimate of drug-likeness (QED) is 0.849. The van der Waals surface area contributed by atoms with Gasteiger partial charge in [0.25, 0.3) is 5.91 Å². The summed E-state index contributed by atoms with van der Waals surface area (Å²) >= 11 is 0. The van der Waals surface area contributed by atoms with E-state index < -0.39 is 23.4 Å². The van der Waals surface area contributed by atoms with Crippen molar-refractivity contribution in [2.45, 2.75) is 6.42 Å². The van der Waals surface area contributed by atoms with Crippen molar-refractivity contribution in [1.82, 2.24) is 10.9 Å². The van der Waals surface area contributed by atoms with E-state index in [9.17, 15) is 18.4 Å². The zero-order chi connectivity index (χ0) is 15.2. The molecule has 0 saturated carbocycles. The number of rotatable bonds is 3. The maximum absolute atomic E-state index is 13.4. The molecule has 4 nitrogen and oxygen atoms in total. The van der Waals surface area contributed by atoms with E-state index in [4.69, 9.17) is 0 Å². The lowest BCUT2D eigenvalue weighted by atomic mass is 10.1. The molecule has 0 radical (unpaired) electrons. The standard InChI is InChI=1S/C15H12F2N2O2/c16-11-6-7-12(13(17)9-11)15(21)19-18-14(20)8-10-4-2-1-3-5-10/h1-7,9H,8H2,(H,18,20)(H,19,21). The van der Waals surface area contributed by atoms with Crippen molar-refractivity contribution in [3.05, 3.63) is 71.3 Å². The first-order chi connectivity index (χ1) is 10.1. The number of hydrogen-bond donors (Lipinski definition) is 2. The van der Waals surface area contributed by atoms with Gasteiger partial charge < -0.3 is 0 Å². The molecule has 0 aliphatic heterocycles. The summed E-state index contributed by atoms with van der Waals surface area (Å²) in [5.41, 5.74) is 4.68. The first-order valence-electron chi connectivity index (χ1n) is 6.14. The fourth-order valence-electron chi connectivity index (χ4n) is 1.69. The van der Waals surface area contributed by atoms with E-state index in [0.29, 0.717) is 6.07 Å². The highest BCUT2D eigenvalue weighted by atomic mass is 19.1. The van der Waals surface area contributed by atoms with Crippen LogP contribution < -0.4 is 10.9 Å². The van der Waals surface area contributed by atoms with Crippen LogP contribution in [0.2, 0.25) is 0 Å². The largest absolute Gasteiger partial charge is 0.273 e. The molecule has 0 unspecified atom stereocenters. The molecule has 0 aromatic heterocycles. The molecule has 0 fully saturated rings. The molecule has 0 spiro atoms. The van der Waals surface area contributed by atoms with E-state index in [0.717, 1.165) is 17.7 Å². The van der Waals surface area contributed by atoms with E-state index in [1.807, 2.05) is 6.07 Å². The van der Waals surface area contributed by atoms with Crippen LogP contribution in [0, 0.1) is 11.6 Å². The minimum atomic E-state index is -0.996. The second kappa shape index (κ2) is 6.60. The van der Waals surface area contributed by atoms with Gasteiger partial charge in [0.15, 0.2) is 0 Å². The summed E-state index contributed by atoms with van der Waals surface area (Å²) in [5, 5.41) is 0. The summed E-state index contributed by atoms with van der Waals surface area (Å²) in [6, 6.07) is 11.5. The molecule has 0 heterocycles. The van der Waals surface area contributed by atoms with Crippen molar-refractivity contribution >= 4 is 11.8 Å². The van der Waals surface area contributed by atoms with Gasteiger partial charge in [-0.1, -0.05) is 30.3 Å². The fourth-order valence-corrected chi connectivity index (χ4v) is 1.69. The molecule has 0 bridgehead atoms. The Labute approximate surface area is 119 Å². The van der Waals surface area contributed by atoms with E-state index in [2.05, 4.69) is 10.9 Å². The maximum atomic E-state index is 13.4. The SMILES string of the molecule is O=C(Cc1ccccc1)NNC(=O)c1ccc(F)cc1F. The van der Waals surface area contributed by atoms with Gasteiger partial charge in [0.05, 0.1) is 12.0 Å². The van der Waals surface area contributed by atoms with Crippen molar-refractivity contribution in [1.29, 1.82) is 0 Å². The molecule has 0 saturated heterocycles. The minimum Gasteiger partial charge on any atom is -0.273 e. The van der Waals surface area contributed by atoms with Crippen LogP contribution in [0.25, 0.3) is 0 Å². The summed E-state index contributed by atoms with van der Waals surface area (Å²) in [6.45, 7) is 0. The van der Waals surface area contributed by atoms with E-state index >= 15 is 0 Å². The predicted octanol–water partition coefficient (Wildman–Crippen LogP) is 1.97. The van der Waals surface area contributed by atoms with Gasteiger partial charge in [0.1, 0.15) is 11.6 Å². The maximum Gasteiger partial charge on any atom is 0.272 e. The average Bonchev–Trinajstić information content (AvgIpc) is 2.46. The van der Waals surface area contributed by atoms with Gasteiger partial charge in [-0.25, -0.2) is 8.78 Å². The first-order valence-corrected chi connectivity index (χ1v) is 6.14. The van der Waals surface area contributed by atoms with Crippen LogP contribution in [0.3, 0.4) is 0 Å². The highest BCUT2D eigenvalue weighted by molar-refractivity contribution is 5.95. The number of hydrazine groups is 1. The van der Waals surface area contributed by atoms with Gasteiger partial charge in [0.2, 0.25) is 5.91 Å². The molecular weight excluding hydrogens is 278 g/mol. The lowest BCUT2D eigenvalue weighted by molar-refractivity contribution is -0.121. The van der Waals surface area contributed by atoms with Gasteiger partial charge >= 0.3 is 0 Å². The Bertz CT molecular complexity index is 660. The Balaban J connectivity index is 1.90. The molecule has 0 aliphatic rings. The lowest BCUT2D eigenvalue weighted by Gasteiger charge is -2.08. The van der Waals surface area contributed by atoms with Gasteiger partial charge in [0, 0.05) is 6.07 Å². The Morgan fingerprint density at radius 2 is 1.67 bits per heavy atom. The van der Waals surface area contributed by atoms with Crippen LogP contribution in [0.15, 0.2) is 48.5 Å². The van der Waals surface area contributed by atoms with Crippen LogP contribution >= 0.6 is 0 Å². The summed E-state index contributed by atoms with van der Waals surface area (Å²) in [5.74, 6) is -3.08. The molecule has 2 aromatic rings. The number of carbonyl (C=O) groups excluding carboxylic acids is 2. The van der Waals surface area contributed by atoms with E-state index in [1.165, 1.54) is 0 Å². The Morgan fingerprint density at radius 1 is 0.952 bits per heavy atom. The fraction of sp³-hybridized carbons (Fsp3) is 0.0667. The topological polar surface area (TPSA) is 58.2 Å². The van der Waals surface area contributed by atoms with Crippen LogP contribution in [0.4, 0.5) is 8.78 Å². The van der Waals surface area contributed by atoms with Crippen molar-refractivity contribution in [2.24, 2.45) is 0 Å². The molecule has 0 aliphatic carbocycles. The molecule has 21 heavy (non-hydrogen) atoms. The first kappa shape index (κ1) is 14.6. The molecule has 108 valence electrons. The molecule has 0 atom stereocenters. The van der Waals surface area contributed by atoms with Gasteiger partial charge in [-0.15, -0.1) is 0 Å². The van der Waals surface area contributed by atoms with Crippen molar-refractivity contribution in [3.63, 3.8) is 0 Å². The summed E-state index contributed by atoms with van der Waals surface area (Å²) in [6.07, 6.45) is 0.0764. The van der Waals surface area contributed by atoms with Crippen LogP contribution in [0.5, 0.6) is 0 Å². The second-order valence-electron chi connectivity index (χ2n) is 4.29. The van der Waals surface area contributed by atoms with Crippen LogP contribution in [0.1, 0.15) is 15.9 Å². The number of halogens is 2. The van der Waals surface area contributed by atoms with Gasteiger partial charge in [-0.05, 0) is 17.7 Å². The Kier molecular flexibility index (Phi) is 4.61. The summed E-state index contributed by atoms with van der Waals surface area (Å²) in [4.78, 5) is 23.3. The molecular formula is C15H12F2N2O2. The van der Waals surface area contributed by atoms with Gasteiger partial charge in [-0.3, -0.25) is 20.4 Å². The van der Waals surface area contributed by atoms with Crippen LogP contribution in [-0.4, -0.2) is 11.8 Å². The summed E-state index contributed by atoms with van der Waals surface area (Å²) in [7, 11) is 0. The number of hydrogen-bond acceptors (Lipinski definition) is 2. The molecule has 2 aromatic carbocycles. The number of amides is 2. The zero-order valence-corrected chi connectivity index (χ0v) is 10.9. The molecule has 2 N–H and O–H groups in total. The lowest BCUT2D eigenvalue weighted by Crippen LogP contribution is -2.42. The minimum absolute atomic E-state index is 0.0764. The number of nitrogens with one attached hydrogen (secondary N) is 2. The highest BCUT2D eigenvalue weighted by Gasteiger charge is 2.13. The van der Waals surface area contributed by atoms with Gasteiger partial charge in [-0.2, -0.15) is 0 Å². The van der Waals surface area contributed by atoms with Crippen molar-refractivity contribution < 1.29 is 18.4 Å². The molecule has 6 heteroatoms. The molecule has 2 amide bonds.